The van der Waals surface area contributed by atoms with Crippen LogP contribution in [0.1, 0.15) is 29.7 Å². The molecule has 3 heteroatoms. The van der Waals surface area contributed by atoms with Crippen LogP contribution in [0.25, 0.3) is 27.8 Å². The van der Waals surface area contributed by atoms with Crippen molar-refractivity contribution in [1.29, 1.82) is 0 Å². The highest BCUT2D eigenvalue weighted by Gasteiger charge is 2.26. The topological polar surface area (TPSA) is 28.3 Å². The first-order valence-electron chi connectivity index (χ1n) is 13.1. The molecule has 0 spiro atoms. The molecule has 6 aromatic rings. The number of aromatic amines is 1. The van der Waals surface area contributed by atoms with E-state index in [1.165, 1.54) is 32.8 Å². The van der Waals surface area contributed by atoms with Crippen LogP contribution >= 0.6 is 0 Å². The van der Waals surface area contributed by atoms with Crippen molar-refractivity contribution < 1.29 is 4.74 Å². The highest BCUT2D eigenvalue weighted by atomic mass is 16.5. The third-order valence-corrected chi connectivity index (χ3v) is 7.62. The van der Waals surface area contributed by atoms with Gasteiger partial charge in [-0.3, -0.25) is 0 Å². The number of allylic oxidation sites excluding steroid dienone is 1. The van der Waals surface area contributed by atoms with Gasteiger partial charge < -0.3 is 14.6 Å². The second kappa shape index (κ2) is 8.97. The van der Waals surface area contributed by atoms with Crippen LogP contribution in [-0.4, -0.2) is 4.98 Å². The quantitative estimate of drug-likeness (QED) is 0.265. The van der Waals surface area contributed by atoms with Crippen molar-refractivity contribution in [3.63, 3.8) is 0 Å². The first kappa shape index (κ1) is 22.4. The molecule has 38 heavy (non-hydrogen) atoms. The Morgan fingerprint density at radius 2 is 1.53 bits per heavy atom. The molecule has 0 saturated carbocycles. The zero-order valence-electron chi connectivity index (χ0n) is 21.5. The van der Waals surface area contributed by atoms with Crippen LogP contribution < -0.4 is 9.64 Å². The van der Waals surface area contributed by atoms with Crippen LogP contribution in [0, 0.1) is 6.92 Å². The molecule has 1 unspecified atom stereocenters. The van der Waals surface area contributed by atoms with Crippen molar-refractivity contribution in [2.24, 2.45) is 0 Å². The van der Waals surface area contributed by atoms with Crippen LogP contribution in [-0.2, 0) is 0 Å². The molecule has 1 aliphatic rings. The van der Waals surface area contributed by atoms with Crippen molar-refractivity contribution in [3.05, 3.63) is 132 Å². The molecule has 7 rings (SSSR count). The minimum atomic E-state index is 0.216. The van der Waals surface area contributed by atoms with Crippen LogP contribution in [0.3, 0.4) is 0 Å². The van der Waals surface area contributed by atoms with Crippen molar-refractivity contribution in [2.75, 3.05) is 4.90 Å². The Hall–Kier alpha value is -4.76. The number of H-pyrrole nitrogens is 1. The van der Waals surface area contributed by atoms with Gasteiger partial charge in [0.15, 0.2) is 11.5 Å². The number of aryl methyl sites for hydroxylation is 1. The predicted molar refractivity (Wildman–Crippen MR) is 159 cm³/mol. The van der Waals surface area contributed by atoms with E-state index in [4.69, 9.17) is 4.74 Å². The molecular formula is C35H28N2O. The second-order valence-electron chi connectivity index (χ2n) is 9.99. The van der Waals surface area contributed by atoms with E-state index >= 15 is 0 Å². The lowest BCUT2D eigenvalue weighted by Crippen LogP contribution is -2.15. The smallest absolute Gasteiger partial charge is 0.151 e. The van der Waals surface area contributed by atoms with Gasteiger partial charge in [0, 0.05) is 22.3 Å². The van der Waals surface area contributed by atoms with Gasteiger partial charge in [0.2, 0.25) is 0 Å². The fourth-order valence-corrected chi connectivity index (χ4v) is 5.58. The van der Waals surface area contributed by atoms with Gasteiger partial charge in [-0.15, -0.1) is 0 Å². The fraction of sp³-hybridized carbons (Fsp3) is 0.0857. The van der Waals surface area contributed by atoms with Crippen LogP contribution in [0.5, 0.6) is 11.5 Å². The number of para-hydroxylation sites is 3. The lowest BCUT2D eigenvalue weighted by Gasteiger charge is -2.33. The van der Waals surface area contributed by atoms with Crippen molar-refractivity contribution in [1.82, 2.24) is 4.98 Å². The molecule has 1 N–H and O–H groups in total. The van der Waals surface area contributed by atoms with Crippen molar-refractivity contribution in [3.8, 4) is 11.5 Å². The number of nitrogens with zero attached hydrogens (tertiary/aromatic N) is 1. The first-order chi connectivity index (χ1) is 18.7. The standard InChI is InChI=1S/C35H28N2O/c1-23(16-19-29-24(2)35-28-13-7-6-10-25(28)17-20-30(35)36-29)26-18-21-32-34(22-26)38-33-15-9-8-14-31(33)37(32)27-11-4-3-5-12-27/h3-23,36H,1-2H3/b19-16-. The summed E-state index contributed by atoms with van der Waals surface area (Å²) in [7, 11) is 0. The predicted octanol–water partition coefficient (Wildman–Crippen LogP) is 10.0. The highest BCUT2D eigenvalue weighted by Crippen LogP contribution is 2.50. The maximum absolute atomic E-state index is 6.41. The minimum absolute atomic E-state index is 0.216. The summed E-state index contributed by atoms with van der Waals surface area (Å²) >= 11 is 0. The third kappa shape index (κ3) is 3.67. The number of hydrogen-bond acceptors (Lipinski definition) is 2. The van der Waals surface area contributed by atoms with Gasteiger partial charge in [0.05, 0.1) is 11.4 Å². The van der Waals surface area contributed by atoms with E-state index in [2.05, 4.69) is 127 Å². The lowest BCUT2D eigenvalue weighted by atomic mass is 9.98. The maximum Gasteiger partial charge on any atom is 0.151 e. The van der Waals surface area contributed by atoms with Crippen molar-refractivity contribution >= 4 is 44.8 Å². The van der Waals surface area contributed by atoms with Gasteiger partial charge in [0.1, 0.15) is 0 Å². The van der Waals surface area contributed by atoms with E-state index in [1.807, 2.05) is 18.2 Å². The zero-order valence-corrected chi connectivity index (χ0v) is 21.5. The van der Waals surface area contributed by atoms with Crippen molar-refractivity contribution in [2.45, 2.75) is 19.8 Å². The van der Waals surface area contributed by atoms with Gasteiger partial charge in [-0.05, 0) is 83.3 Å². The number of rotatable bonds is 4. The monoisotopic (exact) mass is 492 g/mol. The summed E-state index contributed by atoms with van der Waals surface area (Å²) in [4.78, 5) is 5.90. The van der Waals surface area contributed by atoms with Gasteiger partial charge in [-0.25, -0.2) is 0 Å². The molecule has 5 aromatic carbocycles. The Labute approximate surface area is 222 Å². The Kier molecular flexibility index (Phi) is 5.29. The Balaban J connectivity index is 1.23. The molecule has 1 aromatic heterocycles. The second-order valence-corrected chi connectivity index (χ2v) is 9.99. The Bertz CT molecular complexity index is 1830. The van der Waals surface area contributed by atoms with E-state index in [0.717, 1.165) is 34.3 Å². The molecular weight excluding hydrogens is 464 g/mol. The SMILES string of the molecule is Cc1c(/C=C\C(C)c2ccc3c(c2)Oc2ccccc2N3c2ccccc2)[nH]c2ccc3ccccc3c12. The molecule has 184 valence electrons. The average molecular weight is 493 g/mol. The normalized spacial score (nSPS) is 13.5. The summed E-state index contributed by atoms with van der Waals surface area (Å²) in [6.45, 7) is 4.44. The summed E-state index contributed by atoms with van der Waals surface area (Å²) in [5.41, 5.74) is 8.04. The number of benzene rings is 5. The summed E-state index contributed by atoms with van der Waals surface area (Å²) in [5.74, 6) is 1.96. The Morgan fingerprint density at radius 1 is 0.763 bits per heavy atom. The largest absolute Gasteiger partial charge is 0.453 e. The number of ether oxygens (including phenoxy) is 1. The fourth-order valence-electron chi connectivity index (χ4n) is 5.58. The minimum Gasteiger partial charge on any atom is -0.453 e. The molecule has 0 amide bonds. The van der Waals surface area contributed by atoms with E-state index in [0.29, 0.717) is 0 Å². The summed E-state index contributed by atoms with van der Waals surface area (Å²) in [6.07, 6.45) is 4.49. The maximum atomic E-state index is 6.41. The van der Waals surface area contributed by atoms with Crippen LogP contribution in [0.2, 0.25) is 0 Å². The molecule has 2 heterocycles. The van der Waals surface area contributed by atoms with Gasteiger partial charge in [0.25, 0.3) is 0 Å². The van der Waals surface area contributed by atoms with E-state index in [1.54, 1.807) is 0 Å². The Morgan fingerprint density at radius 3 is 2.42 bits per heavy atom. The number of hydrogen-bond donors (Lipinski definition) is 1. The number of nitrogens with one attached hydrogen (secondary N) is 1. The third-order valence-electron chi connectivity index (χ3n) is 7.62. The van der Waals surface area contributed by atoms with Gasteiger partial charge in [-0.2, -0.15) is 0 Å². The highest BCUT2D eigenvalue weighted by molar-refractivity contribution is 6.09. The van der Waals surface area contributed by atoms with E-state index in [-0.39, 0.29) is 5.92 Å². The lowest BCUT2D eigenvalue weighted by molar-refractivity contribution is 0.476. The molecule has 0 radical (unpaired) electrons. The molecule has 0 fully saturated rings. The molecule has 1 aliphatic heterocycles. The van der Waals surface area contributed by atoms with E-state index < -0.39 is 0 Å². The summed E-state index contributed by atoms with van der Waals surface area (Å²) in [6, 6.07) is 38.2. The van der Waals surface area contributed by atoms with Crippen LogP contribution in [0.15, 0.2) is 115 Å². The molecule has 3 nitrogen and oxygen atoms in total. The number of aromatic nitrogens is 1. The van der Waals surface area contributed by atoms with Crippen LogP contribution in [0.4, 0.5) is 17.1 Å². The summed E-state index contributed by atoms with van der Waals surface area (Å²) in [5, 5.41) is 3.87. The molecule has 0 bridgehead atoms. The van der Waals surface area contributed by atoms with Gasteiger partial charge in [-0.1, -0.05) is 79.7 Å². The van der Waals surface area contributed by atoms with Gasteiger partial charge >= 0.3 is 0 Å². The molecule has 0 aliphatic carbocycles. The summed E-state index contributed by atoms with van der Waals surface area (Å²) < 4.78 is 6.41. The first-order valence-corrected chi connectivity index (χ1v) is 13.1. The number of fused-ring (bicyclic) bond motifs is 5. The molecule has 1 atom stereocenters. The molecule has 0 saturated heterocycles. The zero-order chi connectivity index (χ0) is 25.6. The average Bonchev–Trinajstić information content (AvgIpc) is 3.30. The number of anilines is 3. The van der Waals surface area contributed by atoms with E-state index in [9.17, 15) is 0 Å².